The van der Waals surface area contributed by atoms with Crippen LogP contribution in [0.4, 0.5) is 0 Å². The van der Waals surface area contributed by atoms with Crippen molar-refractivity contribution >= 4 is 23.5 Å². The topological polar surface area (TPSA) is 116 Å². The molecular weight excluding hydrogens is 546 g/mol. The minimum absolute atomic E-state index is 0.000496. The lowest BCUT2D eigenvalue weighted by molar-refractivity contribution is -0.777. The van der Waals surface area contributed by atoms with Crippen molar-refractivity contribution in [1.82, 2.24) is 19.5 Å². The number of ether oxygens (including phenoxy) is 2. The first kappa shape index (κ1) is 27.7. The van der Waals surface area contributed by atoms with E-state index in [1.54, 1.807) is 6.20 Å². The van der Waals surface area contributed by atoms with E-state index in [2.05, 4.69) is 35.3 Å². The molecule has 2 spiro atoms. The number of halogens is 1. The summed E-state index contributed by atoms with van der Waals surface area (Å²) in [5.41, 5.74) is 2.66. The lowest BCUT2D eigenvalue weighted by Crippen LogP contribution is -2.55. The van der Waals surface area contributed by atoms with Gasteiger partial charge in [-0.15, -0.1) is 0 Å². The molecule has 6 rings (SSSR count). The van der Waals surface area contributed by atoms with Gasteiger partial charge in [0.1, 0.15) is 18.4 Å². The van der Waals surface area contributed by atoms with Crippen LogP contribution in [0.3, 0.4) is 0 Å². The van der Waals surface area contributed by atoms with Crippen molar-refractivity contribution in [1.29, 1.82) is 0 Å². The van der Waals surface area contributed by atoms with Crippen LogP contribution in [-0.2, 0) is 4.79 Å². The van der Waals surface area contributed by atoms with Crippen LogP contribution in [0.15, 0.2) is 30.5 Å². The van der Waals surface area contributed by atoms with Crippen LogP contribution in [0.2, 0.25) is 5.02 Å². The predicted octanol–water partition coefficient (Wildman–Crippen LogP) is 5.11. The van der Waals surface area contributed by atoms with Gasteiger partial charge in [0.05, 0.1) is 37.3 Å². The summed E-state index contributed by atoms with van der Waals surface area (Å²) < 4.78 is 13.2. The molecule has 3 aromatic rings. The molecule has 1 aromatic carbocycles. The van der Waals surface area contributed by atoms with Gasteiger partial charge < -0.3 is 19.1 Å². The maximum Gasteiger partial charge on any atom is 0.367 e. The molecule has 41 heavy (non-hydrogen) atoms. The van der Waals surface area contributed by atoms with Crippen LogP contribution >= 0.6 is 11.6 Å². The Kier molecular flexibility index (Phi) is 6.61. The summed E-state index contributed by atoms with van der Waals surface area (Å²) >= 11 is 6.30. The molecule has 0 bridgehead atoms. The van der Waals surface area contributed by atoms with Gasteiger partial charge in [0, 0.05) is 30.1 Å². The summed E-state index contributed by atoms with van der Waals surface area (Å²) in [4.78, 5) is 40.2. The number of methoxy groups -OCH3 is 2. The van der Waals surface area contributed by atoms with Gasteiger partial charge in [-0.1, -0.05) is 23.7 Å². The van der Waals surface area contributed by atoms with Crippen molar-refractivity contribution in [2.24, 2.45) is 5.92 Å². The Morgan fingerprint density at radius 3 is 2.41 bits per heavy atom. The number of quaternary nitrogens is 1. The van der Waals surface area contributed by atoms with E-state index in [9.17, 15) is 14.7 Å². The molecule has 1 N–H and O–H groups in total. The van der Waals surface area contributed by atoms with Gasteiger partial charge in [0.2, 0.25) is 5.88 Å². The first-order chi connectivity index (χ1) is 19.6. The highest BCUT2D eigenvalue weighted by atomic mass is 35.5. The Bertz CT molecular complexity index is 1530. The van der Waals surface area contributed by atoms with E-state index >= 15 is 0 Å². The van der Waals surface area contributed by atoms with E-state index in [-0.39, 0.29) is 41.4 Å². The SMILES string of the molecule is COc1ncc(-c2nc3c(n2C(C)C)C(c2ccc(Cl)cc2)C(C)[N+]2(CC24CCC(C(=O)O)CC4)C3=O)c(OC)n1. The number of carbonyl (C=O) groups excluding carboxylic acids is 1. The number of rotatable bonds is 6. The lowest BCUT2D eigenvalue weighted by Gasteiger charge is -2.40. The number of aromatic nitrogens is 4. The molecule has 216 valence electrons. The minimum Gasteiger partial charge on any atom is -0.481 e. The van der Waals surface area contributed by atoms with Crippen LogP contribution in [0, 0.1) is 5.92 Å². The summed E-state index contributed by atoms with van der Waals surface area (Å²) in [7, 11) is 3.02. The average molecular weight is 581 g/mol. The van der Waals surface area contributed by atoms with Gasteiger partial charge in [-0.3, -0.25) is 4.79 Å². The Hall–Kier alpha value is -3.50. The van der Waals surface area contributed by atoms with Crippen LogP contribution in [0.25, 0.3) is 11.4 Å². The van der Waals surface area contributed by atoms with Crippen LogP contribution in [0.1, 0.15) is 80.2 Å². The molecule has 1 amide bonds. The lowest BCUT2D eigenvalue weighted by atomic mass is 9.78. The van der Waals surface area contributed by atoms with Gasteiger partial charge in [0.25, 0.3) is 0 Å². The second-order valence-electron chi connectivity index (χ2n) is 11.9. The fraction of sp³-hybridized carbons (Fsp3) is 0.500. The Labute approximate surface area is 243 Å². The molecule has 3 aliphatic rings. The molecule has 2 fully saturated rings. The van der Waals surface area contributed by atoms with Crippen molar-refractivity contribution in [3.63, 3.8) is 0 Å². The Morgan fingerprint density at radius 1 is 1.15 bits per heavy atom. The maximum absolute atomic E-state index is 14.7. The second kappa shape index (κ2) is 9.80. The van der Waals surface area contributed by atoms with Crippen molar-refractivity contribution in [2.75, 3.05) is 20.8 Å². The van der Waals surface area contributed by atoms with E-state index < -0.39 is 5.97 Å². The van der Waals surface area contributed by atoms with Crippen molar-refractivity contribution < 1.29 is 28.7 Å². The van der Waals surface area contributed by atoms with Gasteiger partial charge in [0.15, 0.2) is 11.2 Å². The smallest absolute Gasteiger partial charge is 0.367 e. The van der Waals surface area contributed by atoms with Gasteiger partial charge >= 0.3 is 17.9 Å². The molecule has 1 saturated carbocycles. The molecule has 1 aliphatic carbocycles. The molecule has 3 unspecified atom stereocenters. The normalized spacial score (nSPS) is 28.7. The number of carboxylic acid groups (broad SMARTS) is 1. The highest BCUT2D eigenvalue weighted by Gasteiger charge is 2.79. The molecule has 4 heterocycles. The molecule has 3 atom stereocenters. The minimum atomic E-state index is -0.748. The second-order valence-corrected chi connectivity index (χ2v) is 12.3. The van der Waals surface area contributed by atoms with Gasteiger partial charge in [-0.05, 0) is 51.3 Å². The van der Waals surface area contributed by atoms with Crippen molar-refractivity contribution in [2.45, 2.75) is 70.0 Å². The van der Waals surface area contributed by atoms with Crippen LogP contribution in [-0.4, -0.2) is 73.3 Å². The van der Waals surface area contributed by atoms with Gasteiger partial charge in [-0.2, -0.15) is 4.98 Å². The van der Waals surface area contributed by atoms with E-state index in [1.807, 2.05) is 24.3 Å². The Morgan fingerprint density at radius 2 is 1.83 bits per heavy atom. The van der Waals surface area contributed by atoms with Crippen LogP contribution < -0.4 is 9.47 Å². The zero-order valence-electron chi connectivity index (χ0n) is 23.9. The van der Waals surface area contributed by atoms with E-state index in [0.29, 0.717) is 64.7 Å². The molecule has 2 aromatic heterocycles. The monoisotopic (exact) mass is 580 g/mol. The molecule has 0 radical (unpaired) electrons. The number of carbonyl (C=O) groups is 2. The predicted molar refractivity (Wildman–Crippen MR) is 151 cm³/mol. The third-order valence-electron chi connectivity index (χ3n) is 9.63. The Balaban J connectivity index is 1.56. The molecule has 11 heteroatoms. The highest BCUT2D eigenvalue weighted by molar-refractivity contribution is 6.30. The zero-order chi connectivity index (χ0) is 29.3. The number of nitrogens with zero attached hydrogens (tertiary/aromatic N) is 5. The molecule has 2 aliphatic heterocycles. The number of fused-ring (bicyclic) bond motifs is 2. The quantitative estimate of drug-likeness (QED) is 0.316. The van der Waals surface area contributed by atoms with Crippen molar-refractivity contribution in [3.05, 3.63) is 52.4 Å². The summed E-state index contributed by atoms with van der Waals surface area (Å²) in [6.07, 6.45) is 4.21. The molecule has 10 nitrogen and oxygen atoms in total. The van der Waals surface area contributed by atoms with Gasteiger partial charge in [-0.25, -0.2) is 19.2 Å². The van der Waals surface area contributed by atoms with E-state index in [0.717, 1.165) is 11.3 Å². The summed E-state index contributed by atoms with van der Waals surface area (Å²) in [5, 5.41) is 10.3. The third kappa shape index (κ3) is 3.98. The number of hydrogen-bond donors (Lipinski definition) is 1. The number of imidazole rings is 1. The van der Waals surface area contributed by atoms with Crippen molar-refractivity contribution in [3.8, 4) is 23.3 Å². The highest BCUT2D eigenvalue weighted by Crippen LogP contribution is 2.61. The number of benzene rings is 1. The molecular formula is C30H35ClN5O5+. The first-order valence-electron chi connectivity index (χ1n) is 14.1. The summed E-state index contributed by atoms with van der Waals surface area (Å²) in [6, 6.07) is 7.89. The number of hydrogen-bond acceptors (Lipinski definition) is 7. The summed E-state index contributed by atoms with van der Waals surface area (Å²) in [5.74, 6) is -0.375. The van der Waals surface area contributed by atoms with E-state index in [1.165, 1.54) is 14.2 Å². The fourth-order valence-corrected chi connectivity index (χ4v) is 7.71. The van der Waals surface area contributed by atoms with E-state index in [4.69, 9.17) is 26.1 Å². The third-order valence-corrected chi connectivity index (χ3v) is 9.88. The fourth-order valence-electron chi connectivity index (χ4n) is 7.59. The standard InChI is InChI=1S/C30H34ClN5O5/c1-16(2)35-24-22(18-6-8-20(31)9-7-18)17(3)36(15-30(36)12-10-19(11-13-30)28(38)39)27(37)23(24)33-25(35)21-14-32-29(41-5)34-26(21)40-4/h6-9,14,16-17,19,22H,10-13,15H2,1-5H3/p+1. The number of amides is 1. The van der Waals surface area contributed by atoms with Crippen LogP contribution in [0.5, 0.6) is 11.9 Å². The zero-order valence-corrected chi connectivity index (χ0v) is 24.7. The largest absolute Gasteiger partial charge is 0.481 e. The summed E-state index contributed by atoms with van der Waals surface area (Å²) in [6.45, 7) is 7.00. The maximum atomic E-state index is 14.7. The number of aliphatic carboxylic acids is 1. The average Bonchev–Trinajstić information content (AvgIpc) is 3.42. The first-order valence-corrected chi connectivity index (χ1v) is 14.4. The number of carboxylic acids is 1. The molecule has 1 saturated heterocycles.